The van der Waals surface area contributed by atoms with Gasteiger partial charge in [0.25, 0.3) is 0 Å². The third kappa shape index (κ3) is 6.45. The summed E-state index contributed by atoms with van der Waals surface area (Å²) >= 11 is 0. The molecule has 0 radical (unpaired) electrons. The van der Waals surface area contributed by atoms with E-state index >= 15 is 4.39 Å². The molecule has 0 aromatic carbocycles. The summed E-state index contributed by atoms with van der Waals surface area (Å²) in [7, 11) is -4.51. The zero-order valence-corrected chi connectivity index (χ0v) is 28.3. The van der Waals surface area contributed by atoms with E-state index in [9.17, 15) is 34.1 Å². The van der Waals surface area contributed by atoms with Crippen LogP contribution in [0.1, 0.15) is 78.6 Å². The second-order valence-electron chi connectivity index (χ2n) is 14.4. The fourth-order valence-corrected chi connectivity index (χ4v) is 9.95. The summed E-state index contributed by atoms with van der Waals surface area (Å²) in [5, 5.41) is 28.4. The lowest BCUT2D eigenvalue weighted by atomic mass is 9.44. The number of carbonyl (C=O) groups is 3. The number of hydrogen-bond acceptors (Lipinski definition) is 8. The number of amides is 1. The van der Waals surface area contributed by atoms with Crippen molar-refractivity contribution in [1.29, 1.82) is 0 Å². The third-order valence-corrected chi connectivity index (χ3v) is 12.8. The number of aliphatic hydroxyl groups is 2. The van der Waals surface area contributed by atoms with E-state index in [0.29, 0.717) is 24.8 Å². The Kier molecular flexibility index (Phi) is 10.4. The molecule has 0 bridgehead atoms. The lowest BCUT2D eigenvalue weighted by molar-refractivity contribution is -0.219. The molecule has 0 saturated heterocycles. The molecule has 10 atom stereocenters. The molecule has 11 nitrogen and oxygen atoms in total. The molecular formula is C34H48FN2O9P. The Hall–Kier alpha value is -2.23. The first-order chi connectivity index (χ1) is 22.1. The summed E-state index contributed by atoms with van der Waals surface area (Å²) in [6, 6.07) is 0. The standard InChI is InChI=1S/C34H48FN2O9P/c1-22-17-27-26-12-11-23-18-24(38)13-14-31(23,2)33(26,35)28(39)19-32(27,3)34(22,42)29(40)20-46-47(43,44)37-16-15-36-30(41)21-45-25-9-7-5-4-6-8-10-25/h13-14,18,22,25-28,39,42H,4-7,9,11-12,15-17,19-21H2,1-3H3,(H,36,41)(H2,37,43,44)/t22-,25?,26+,27+,28+,31+,32+,33+,34+/m1/s1. The van der Waals surface area contributed by atoms with E-state index in [1.54, 1.807) is 26.8 Å². The van der Waals surface area contributed by atoms with E-state index < -0.39 is 72.0 Å². The number of nitrogens with one attached hydrogen (secondary N) is 2. The number of Topliss-reactive ketones (excluding diaryl/α,β-unsaturated/α-hetero) is 1. The van der Waals surface area contributed by atoms with Gasteiger partial charge < -0.3 is 25.2 Å². The Morgan fingerprint density at radius 1 is 1.15 bits per heavy atom. The normalized spacial score (nSPS) is 40.7. The largest absolute Gasteiger partial charge is 0.403 e. The molecule has 3 fully saturated rings. The number of fused-ring (bicyclic) bond motifs is 5. The average molecular weight is 679 g/mol. The minimum absolute atomic E-state index is 0.00938. The summed E-state index contributed by atoms with van der Waals surface area (Å²) in [5.41, 5.74) is -5.97. The molecule has 0 aliphatic heterocycles. The number of allylic oxidation sites excluding steroid dienone is 4. The van der Waals surface area contributed by atoms with Gasteiger partial charge in [-0.25, -0.2) is 14.0 Å². The molecule has 1 amide bonds. The predicted octanol–water partition coefficient (Wildman–Crippen LogP) is 3.08. The molecule has 0 heterocycles. The first-order valence-electron chi connectivity index (χ1n) is 16.7. The van der Waals surface area contributed by atoms with Gasteiger partial charge in [-0.3, -0.25) is 18.9 Å². The van der Waals surface area contributed by atoms with Crippen LogP contribution in [0.2, 0.25) is 0 Å². The number of rotatable bonds is 11. The van der Waals surface area contributed by atoms with Crippen molar-refractivity contribution in [1.82, 2.24) is 10.4 Å². The van der Waals surface area contributed by atoms with E-state index in [-0.39, 0.29) is 38.0 Å². The molecule has 5 rings (SSSR count). The summed E-state index contributed by atoms with van der Waals surface area (Å²) in [6.45, 7) is 3.85. The van der Waals surface area contributed by atoms with Crippen LogP contribution in [-0.2, 0) is 28.2 Å². The zero-order chi connectivity index (χ0) is 34.3. The first-order valence-corrected chi connectivity index (χ1v) is 18.3. The number of carbonyl (C=O) groups excluding carboxylic acids is 3. The number of alkyl halides is 1. The smallest absolute Gasteiger partial charge is 0.390 e. The topological polar surface area (TPSA) is 171 Å². The minimum Gasteiger partial charge on any atom is -0.390 e. The second kappa shape index (κ2) is 13.6. The van der Waals surface area contributed by atoms with Crippen molar-refractivity contribution in [2.24, 2.45) is 28.6 Å². The highest BCUT2D eigenvalue weighted by Crippen LogP contribution is 2.70. The van der Waals surface area contributed by atoms with Gasteiger partial charge in [0.1, 0.15) is 24.9 Å². The van der Waals surface area contributed by atoms with Gasteiger partial charge in [-0.15, -0.1) is 5.92 Å². The van der Waals surface area contributed by atoms with Gasteiger partial charge in [0, 0.05) is 36.3 Å². The van der Waals surface area contributed by atoms with E-state index in [1.165, 1.54) is 12.2 Å². The van der Waals surface area contributed by atoms with E-state index in [2.05, 4.69) is 22.2 Å². The molecule has 260 valence electrons. The molecule has 3 saturated carbocycles. The van der Waals surface area contributed by atoms with Crippen LogP contribution in [0.15, 0.2) is 23.8 Å². The van der Waals surface area contributed by atoms with Crippen molar-refractivity contribution < 1.29 is 47.7 Å². The van der Waals surface area contributed by atoms with Crippen LogP contribution in [0.25, 0.3) is 0 Å². The highest BCUT2D eigenvalue weighted by atomic mass is 31.2. The van der Waals surface area contributed by atoms with Crippen molar-refractivity contribution in [3.63, 3.8) is 0 Å². The summed E-state index contributed by atoms with van der Waals surface area (Å²) in [5.74, 6) is 2.80. The summed E-state index contributed by atoms with van der Waals surface area (Å²) in [6.07, 6.45) is 8.08. The fraction of sp³-hybridized carbons (Fsp3) is 0.735. The number of ether oxygens (including phenoxy) is 1. The van der Waals surface area contributed by atoms with Gasteiger partial charge in [0.15, 0.2) is 17.2 Å². The Balaban J connectivity index is 1.16. The van der Waals surface area contributed by atoms with Crippen LogP contribution in [0.3, 0.4) is 0 Å². The van der Waals surface area contributed by atoms with Crippen molar-refractivity contribution >= 4 is 25.2 Å². The van der Waals surface area contributed by atoms with Gasteiger partial charge in [-0.2, -0.15) is 0 Å². The van der Waals surface area contributed by atoms with Crippen LogP contribution >= 0.6 is 7.75 Å². The zero-order valence-electron chi connectivity index (χ0n) is 27.4. The van der Waals surface area contributed by atoms with Gasteiger partial charge in [-0.05, 0) is 75.9 Å². The number of aliphatic hydroxyl groups excluding tert-OH is 1. The Bertz CT molecular complexity index is 1440. The lowest BCUT2D eigenvalue weighted by Gasteiger charge is -2.62. The molecule has 13 heteroatoms. The third-order valence-electron chi connectivity index (χ3n) is 11.7. The molecule has 5 aliphatic carbocycles. The van der Waals surface area contributed by atoms with Gasteiger partial charge >= 0.3 is 7.75 Å². The molecule has 47 heavy (non-hydrogen) atoms. The molecule has 0 spiro atoms. The second-order valence-corrected chi connectivity index (χ2v) is 16.0. The van der Waals surface area contributed by atoms with Crippen LogP contribution < -0.4 is 10.4 Å². The van der Waals surface area contributed by atoms with Crippen LogP contribution in [0.5, 0.6) is 0 Å². The van der Waals surface area contributed by atoms with E-state index in [4.69, 9.17) is 9.26 Å². The van der Waals surface area contributed by atoms with Crippen LogP contribution in [0, 0.1) is 40.4 Å². The van der Waals surface area contributed by atoms with Crippen molar-refractivity contribution in [2.75, 3.05) is 26.3 Å². The van der Waals surface area contributed by atoms with Crippen LogP contribution in [0.4, 0.5) is 4.39 Å². The van der Waals surface area contributed by atoms with Crippen LogP contribution in [-0.4, -0.2) is 82.4 Å². The van der Waals surface area contributed by atoms with Gasteiger partial charge in [0.05, 0.1) is 6.10 Å². The monoisotopic (exact) mass is 678 g/mol. The molecular weight excluding hydrogens is 630 g/mol. The molecule has 0 aromatic rings. The maximum Gasteiger partial charge on any atom is 0.403 e. The van der Waals surface area contributed by atoms with E-state index in [0.717, 1.165) is 32.1 Å². The maximum atomic E-state index is 17.3. The van der Waals surface area contributed by atoms with E-state index in [1.807, 2.05) is 0 Å². The Morgan fingerprint density at radius 3 is 2.68 bits per heavy atom. The molecule has 5 aliphatic rings. The van der Waals surface area contributed by atoms with Crippen molar-refractivity contribution in [3.8, 4) is 11.8 Å². The Morgan fingerprint density at radius 2 is 1.91 bits per heavy atom. The SMILES string of the molecule is C[C@@H]1C[C@H]2[C@@H]3CCC4=CC(=O)C=C[C@]4(C)[C@@]3(F)[C@@H](O)C[C@]2(C)[C@@]1(O)C(=O)COP(=O)(O)NCCNC(=O)COC1C#CCCCCC1. The Labute approximate surface area is 275 Å². The highest BCUT2D eigenvalue weighted by molar-refractivity contribution is 7.50. The molecule has 5 N–H and O–H groups in total. The fourth-order valence-electron chi connectivity index (χ4n) is 9.17. The minimum atomic E-state index is -4.51. The highest BCUT2D eigenvalue weighted by Gasteiger charge is 2.75. The van der Waals surface area contributed by atoms with Crippen molar-refractivity contribution in [2.45, 2.75) is 102 Å². The molecule has 0 aromatic heterocycles. The van der Waals surface area contributed by atoms with Crippen molar-refractivity contribution in [3.05, 3.63) is 23.8 Å². The predicted molar refractivity (Wildman–Crippen MR) is 170 cm³/mol. The number of halogens is 1. The maximum absolute atomic E-state index is 17.3. The average Bonchev–Trinajstić information content (AvgIpc) is 3.20. The van der Waals surface area contributed by atoms with Gasteiger partial charge in [-0.1, -0.05) is 37.8 Å². The lowest BCUT2D eigenvalue weighted by Crippen LogP contribution is -2.69. The number of ketones is 2. The van der Waals surface area contributed by atoms with Gasteiger partial charge in [0.2, 0.25) is 5.91 Å². The quantitative estimate of drug-likeness (QED) is 0.124. The summed E-state index contributed by atoms with van der Waals surface area (Å²) < 4.78 is 40.7. The molecule has 2 unspecified atom stereocenters. The number of hydrogen-bond donors (Lipinski definition) is 5. The summed E-state index contributed by atoms with van der Waals surface area (Å²) in [4.78, 5) is 48.2. The first kappa shape index (κ1) is 36.1.